The highest BCUT2D eigenvalue weighted by Gasteiger charge is 2.15. The van der Waals surface area contributed by atoms with Crippen LogP contribution < -0.4 is 0 Å². The van der Waals surface area contributed by atoms with Crippen LogP contribution in [0.25, 0.3) is 0 Å². The first-order chi connectivity index (χ1) is 5.00. The van der Waals surface area contributed by atoms with E-state index in [2.05, 4.69) is 5.18 Å². The van der Waals surface area contributed by atoms with E-state index in [9.17, 15) is 9.70 Å². The van der Waals surface area contributed by atoms with Crippen LogP contribution in [0.1, 0.15) is 6.92 Å². The Bertz CT molecular complexity index is 204. The van der Waals surface area contributed by atoms with Crippen molar-refractivity contribution in [1.82, 2.24) is 4.90 Å². The van der Waals surface area contributed by atoms with E-state index in [4.69, 9.17) is 5.11 Å². The fraction of sp³-hybridized carbons (Fsp3) is 0.500. The molecule has 0 atom stereocenters. The van der Waals surface area contributed by atoms with Crippen molar-refractivity contribution >= 4 is 5.91 Å². The zero-order chi connectivity index (χ0) is 9.02. The van der Waals surface area contributed by atoms with Gasteiger partial charge in [0.25, 0.3) is 5.91 Å². The third-order valence-corrected chi connectivity index (χ3v) is 1.04. The summed E-state index contributed by atoms with van der Waals surface area (Å²) in [4.78, 5) is 22.1. The summed E-state index contributed by atoms with van der Waals surface area (Å²) in [5, 5.41) is 11.2. The summed E-state index contributed by atoms with van der Waals surface area (Å²) in [7, 11) is 2.94. The highest BCUT2D eigenvalue weighted by atomic mass is 16.3. The lowest BCUT2D eigenvalue weighted by atomic mass is 10.3. The molecule has 0 saturated carbocycles. The van der Waals surface area contributed by atoms with Crippen molar-refractivity contribution in [3.8, 4) is 0 Å². The van der Waals surface area contributed by atoms with E-state index in [0.29, 0.717) is 0 Å². The summed E-state index contributed by atoms with van der Waals surface area (Å²) in [6.07, 6.45) is 0. The van der Waals surface area contributed by atoms with E-state index in [1.54, 1.807) is 0 Å². The summed E-state index contributed by atoms with van der Waals surface area (Å²) in [6.45, 7) is 1.23. The number of nitroso groups, excluding NO2 is 1. The molecule has 0 fully saturated rings. The summed E-state index contributed by atoms with van der Waals surface area (Å²) >= 11 is 0. The first kappa shape index (κ1) is 9.61. The van der Waals surface area contributed by atoms with Gasteiger partial charge in [0.2, 0.25) is 5.70 Å². The number of carbonyl (C=O) groups excluding carboxylic acids is 1. The van der Waals surface area contributed by atoms with Gasteiger partial charge in [0, 0.05) is 14.1 Å². The molecule has 0 aliphatic heterocycles. The van der Waals surface area contributed by atoms with Crippen molar-refractivity contribution in [2.24, 2.45) is 5.18 Å². The first-order valence-electron chi connectivity index (χ1n) is 2.95. The number of likely N-dealkylation sites (N-methyl/N-ethyl adjacent to an activating group) is 1. The van der Waals surface area contributed by atoms with Crippen molar-refractivity contribution in [3.05, 3.63) is 16.4 Å². The number of rotatable bonds is 2. The van der Waals surface area contributed by atoms with Gasteiger partial charge in [-0.1, -0.05) is 0 Å². The highest BCUT2D eigenvalue weighted by Crippen LogP contribution is 2.04. The van der Waals surface area contributed by atoms with Crippen molar-refractivity contribution in [1.29, 1.82) is 0 Å². The fourth-order valence-electron chi connectivity index (χ4n) is 0.472. The van der Waals surface area contributed by atoms with Crippen LogP contribution in [0.5, 0.6) is 0 Å². The lowest BCUT2D eigenvalue weighted by molar-refractivity contribution is -0.124. The second kappa shape index (κ2) is 3.70. The molecular weight excluding hydrogens is 148 g/mol. The number of hydrogen-bond donors (Lipinski definition) is 1. The third-order valence-electron chi connectivity index (χ3n) is 1.04. The zero-order valence-corrected chi connectivity index (χ0v) is 6.66. The number of carbonyl (C=O) groups is 1. The molecule has 0 aliphatic carbocycles. The maximum atomic E-state index is 10.9. The van der Waals surface area contributed by atoms with Crippen LogP contribution in [-0.2, 0) is 4.79 Å². The highest BCUT2D eigenvalue weighted by molar-refractivity contribution is 5.92. The SMILES string of the molecule is C/C(O)=C(/N=O)C(=O)N(C)C. The van der Waals surface area contributed by atoms with Gasteiger partial charge in [-0.2, -0.15) is 0 Å². The van der Waals surface area contributed by atoms with Crippen LogP contribution in [0.3, 0.4) is 0 Å². The minimum atomic E-state index is -0.597. The second-order valence-electron chi connectivity index (χ2n) is 2.22. The van der Waals surface area contributed by atoms with Crippen LogP contribution in [0.4, 0.5) is 0 Å². The van der Waals surface area contributed by atoms with Gasteiger partial charge in [0.15, 0.2) is 0 Å². The Balaban J connectivity index is 4.68. The van der Waals surface area contributed by atoms with Gasteiger partial charge < -0.3 is 10.0 Å². The number of hydrogen-bond acceptors (Lipinski definition) is 4. The molecule has 0 unspecified atom stereocenters. The molecule has 5 heteroatoms. The molecule has 0 spiro atoms. The lowest BCUT2D eigenvalue weighted by Crippen LogP contribution is -2.23. The maximum absolute atomic E-state index is 10.9. The third kappa shape index (κ3) is 2.37. The molecule has 11 heavy (non-hydrogen) atoms. The number of aliphatic hydroxyl groups is 1. The van der Waals surface area contributed by atoms with Gasteiger partial charge >= 0.3 is 0 Å². The summed E-state index contributed by atoms with van der Waals surface area (Å²) < 4.78 is 0. The standard InChI is InChI=1S/C6H10N2O3/c1-4(9)5(7-11)6(10)8(2)3/h9H,1-3H3/b5-4-. The summed E-state index contributed by atoms with van der Waals surface area (Å²) in [5.41, 5.74) is -0.449. The van der Waals surface area contributed by atoms with Gasteiger partial charge in [-0.3, -0.25) is 4.79 Å². The number of aliphatic hydroxyl groups excluding tert-OH is 1. The molecule has 62 valence electrons. The van der Waals surface area contributed by atoms with E-state index in [1.165, 1.54) is 21.0 Å². The molecule has 0 saturated heterocycles. The minimum Gasteiger partial charge on any atom is -0.510 e. The van der Waals surface area contributed by atoms with Gasteiger partial charge in [-0.15, -0.1) is 4.91 Å². The monoisotopic (exact) mass is 158 g/mol. The fourth-order valence-corrected chi connectivity index (χ4v) is 0.472. The first-order valence-corrected chi connectivity index (χ1v) is 2.95. The van der Waals surface area contributed by atoms with E-state index < -0.39 is 11.6 Å². The lowest BCUT2D eigenvalue weighted by Gasteiger charge is -2.08. The normalized spacial score (nSPS) is 11.9. The Kier molecular flexibility index (Phi) is 3.23. The Morgan fingerprint density at radius 1 is 1.45 bits per heavy atom. The predicted octanol–water partition coefficient (Wildman–Crippen LogP) is 0.631. The molecule has 0 aromatic carbocycles. The summed E-state index contributed by atoms with van der Waals surface area (Å²) in [6, 6.07) is 0. The molecule has 0 aromatic rings. The number of nitrogens with zero attached hydrogens (tertiary/aromatic N) is 2. The Morgan fingerprint density at radius 3 is 2.00 bits per heavy atom. The van der Waals surface area contributed by atoms with Crippen LogP contribution >= 0.6 is 0 Å². The molecule has 5 nitrogen and oxygen atoms in total. The number of allylic oxidation sites excluding steroid dienone is 1. The molecule has 1 amide bonds. The molecule has 0 heterocycles. The van der Waals surface area contributed by atoms with Crippen LogP contribution in [0.2, 0.25) is 0 Å². The molecular formula is C6H10N2O3. The van der Waals surface area contributed by atoms with Crippen molar-refractivity contribution in [2.45, 2.75) is 6.92 Å². The molecule has 0 bridgehead atoms. The van der Waals surface area contributed by atoms with Crippen molar-refractivity contribution in [3.63, 3.8) is 0 Å². The molecule has 0 aliphatic rings. The average molecular weight is 158 g/mol. The van der Waals surface area contributed by atoms with Gasteiger partial charge in [0.1, 0.15) is 5.76 Å². The quantitative estimate of drug-likeness (QED) is 0.364. The Morgan fingerprint density at radius 2 is 1.91 bits per heavy atom. The van der Waals surface area contributed by atoms with Crippen LogP contribution in [0, 0.1) is 4.91 Å². The topological polar surface area (TPSA) is 70.0 Å². The molecule has 0 aromatic heterocycles. The van der Waals surface area contributed by atoms with Gasteiger partial charge in [0.05, 0.1) is 0 Å². The van der Waals surface area contributed by atoms with E-state index in [-0.39, 0.29) is 5.76 Å². The molecule has 0 rings (SSSR count). The van der Waals surface area contributed by atoms with Crippen LogP contribution in [-0.4, -0.2) is 30.0 Å². The Hall–Kier alpha value is -1.39. The van der Waals surface area contributed by atoms with Crippen LogP contribution in [0.15, 0.2) is 16.6 Å². The largest absolute Gasteiger partial charge is 0.510 e. The van der Waals surface area contributed by atoms with Crippen molar-refractivity contribution < 1.29 is 9.90 Å². The second-order valence-corrected chi connectivity index (χ2v) is 2.22. The van der Waals surface area contributed by atoms with Gasteiger partial charge in [-0.25, -0.2) is 0 Å². The van der Waals surface area contributed by atoms with E-state index >= 15 is 0 Å². The minimum absolute atomic E-state index is 0.362. The molecule has 1 N–H and O–H groups in total. The van der Waals surface area contributed by atoms with Crippen molar-refractivity contribution in [2.75, 3.05) is 14.1 Å². The number of amides is 1. The van der Waals surface area contributed by atoms with E-state index in [0.717, 1.165) is 4.90 Å². The van der Waals surface area contributed by atoms with Gasteiger partial charge in [-0.05, 0) is 12.1 Å². The maximum Gasteiger partial charge on any atom is 0.279 e. The molecule has 0 radical (unpaired) electrons. The average Bonchev–Trinajstić information content (AvgIpc) is 1.88. The smallest absolute Gasteiger partial charge is 0.279 e. The Labute approximate surface area is 64.3 Å². The summed E-state index contributed by atoms with van der Waals surface area (Å²) in [5.74, 6) is -0.960. The van der Waals surface area contributed by atoms with E-state index in [1.807, 2.05) is 0 Å². The zero-order valence-electron chi connectivity index (χ0n) is 6.66. The predicted molar refractivity (Wildman–Crippen MR) is 39.8 cm³/mol.